The summed E-state index contributed by atoms with van der Waals surface area (Å²) in [5.41, 5.74) is 0.854. The van der Waals surface area contributed by atoms with E-state index in [1.54, 1.807) is 26.2 Å². The maximum absolute atomic E-state index is 12.6. The molecule has 0 aliphatic heterocycles. The lowest BCUT2D eigenvalue weighted by Crippen LogP contribution is -2.32. The molecule has 0 radical (unpaired) electrons. The van der Waals surface area contributed by atoms with Crippen LogP contribution in [0.2, 0.25) is 0 Å². The minimum atomic E-state index is -0.0175. The van der Waals surface area contributed by atoms with Gasteiger partial charge in [0.1, 0.15) is 11.4 Å². The molecule has 0 spiro atoms. The van der Waals surface area contributed by atoms with Gasteiger partial charge in [-0.3, -0.25) is 4.79 Å². The number of nitrogens with one attached hydrogen (secondary N) is 1. The van der Waals surface area contributed by atoms with E-state index in [1.165, 1.54) is 11.3 Å². The maximum atomic E-state index is 12.6. The van der Waals surface area contributed by atoms with E-state index in [0.29, 0.717) is 29.7 Å². The number of carbonyl (C=O) groups is 1. The Labute approximate surface area is 151 Å². The van der Waals surface area contributed by atoms with E-state index < -0.39 is 0 Å². The molecule has 1 amide bonds. The molecule has 0 bridgehead atoms. The summed E-state index contributed by atoms with van der Waals surface area (Å²) in [7, 11) is 6.81. The third-order valence-electron chi connectivity index (χ3n) is 3.51. The molecule has 0 aliphatic rings. The van der Waals surface area contributed by atoms with Crippen LogP contribution in [0.5, 0.6) is 5.88 Å². The summed E-state index contributed by atoms with van der Waals surface area (Å²) < 4.78 is 10.5. The number of nitrogens with zero attached hydrogens (tertiary/aromatic N) is 3. The first-order valence-electron chi connectivity index (χ1n) is 7.26. The first kappa shape index (κ1) is 20.6. The molecule has 0 fully saturated rings. The molecule has 134 valence electrons. The fourth-order valence-corrected chi connectivity index (χ4v) is 3.43. The van der Waals surface area contributed by atoms with E-state index in [4.69, 9.17) is 9.47 Å². The second-order valence-electron chi connectivity index (χ2n) is 5.15. The summed E-state index contributed by atoms with van der Waals surface area (Å²) >= 11 is 1.37. The third-order valence-corrected chi connectivity index (χ3v) is 4.68. The number of methoxy groups -OCH3 is 2. The number of hydrogen-bond acceptors (Lipinski definition) is 7. The zero-order chi connectivity index (χ0) is 17.0. The summed E-state index contributed by atoms with van der Waals surface area (Å²) in [6, 6.07) is 0. The minimum absolute atomic E-state index is 0. The van der Waals surface area contributed by atoms with Crippen LogP contribution < -0.4 is 10.1 Å². The number of fused-ring (bicyclic) bond motifs is 1. The van der Waals surface area contributed by atoms with E-state index in [2.05, 4.69) is 15.3 Å². The predicted molar refractivity (Wildman–Crippen MR) is 97.6 cm³/mol. The van der Waals surface area contributed by atoms with Crippen LogP contribution in [0.25, 0.3) is 10.2 Å². The van der Waals surface area contributed by atoms with Crippen molar-refractivity contribution in [1.29, 1.82) is 0 Å². The van der Waals surface area contributed by atoms with Gasteiger partial charge in [-0.1, -0.05) is 0 Å². The highest BCUT2D eigenvalue weighted by atomic mass is 35.5. The standard InChI is InChI=1S/C15H22N4O3S.ClH/c1-9-11-13(22-5)17-10(8-21-4)18-14(11)23-12(9)15(20)19(3)7-6-16-2;/h16H,6-8H2,1-5H3;1H. The normalized spacial score (nSPS) is 10.5. The Morgan fingerprint density at radius 1 is 1.33 bits per heavy atom. The van der Waals surface area contributed by atoms with Gasteiger partial charge in [-0.05, 0) is 19.5 Å². The van der Waals surface area contributed by atoms with Crippen LogP contribution in [0.1, 0.15) is 21.1 Å². The molecule has 0 saturated heterocycles. The SMILES string of the molecule is CNCCN(C)C(=O)c1sc2nc(COC)nc(OC)c2c1C.Cl. The molecule has 1 N–H and O–H groups in total. The Morgan fingerprint density at radius 2 is 2.04 bits per heavy atom. The van der Waals surface area contributed by atoms with E-state index in [1.807, 2.05) is 14.0 Å². The quantitative estimate of drug-likeness (QED) is 0.797. The second kappa shape index (κ2) is 9.12. The summed E-state index contributed by atoms with van der Waals surface area (Å²) in [5, 5.41) is 3.83. The second-order valence-corrected chi connectivity index (χ2v) is 6.15. The molecular formula is C15H23ClN4O3S. The molecule has 0 aliphatic carbocycles. The molecule has 2 aromatic rings. The summed E-state index contributed by atoms with van der Waals surface area (Å²) in [6.07, 6.45) is 0. The van der Waals surface area contributed by atoms with E-state index in [0.717, 1.165) is 22.3 Å². The Balaban J connectivity index is 0.00000288. The largest absolute Gasteiger partial charge is 0.480 e. The lowest BCUT2D eigenvalue weighted by molar-refractivity contribution is 0.0801. The van der Waals surface area contributed by atoms with Gasteiger partial charge >= 0.3 is 0 Å². The van der Waals surface area contributed by atoms with Gasteiger partial charge in [-0.25, -0.2) is 4.98 Å². The van der Waals surface area contributed by atoms with Gasteiger partial charge < -0.3 is 19.7 Å². The molecule has 0 unspecified atom stereocenters. The fraction of sp³-hybridized carbons (Fsp3) is 0.533. The third kappa shape index (κ3) is 4.13. The first-order valence-corrected chi connectivity index (χ1v) is 8.08. The van der Waals surface area contributed by atoms with Crippen LogP contribution in [0.4, 0.5) is 0 Å². The zero-order valence-corrected chi connectivity index (χ0v) is 16.1. The molecule has 9 heteroatoms. The topological polar surface area (TPSA) is 76.6 Å². The van der Waals surface area contributed by atoms with Crippen molar-refractivity contribution in [3.8, 4) is 5.88 Å². The number of amides is 1. The van der Waals surface area contributed by atoms with Crippen molar-refractivity contribution in [2.24, 2.45) is 0 Å². The van der Waals surface area contributed by atoms with Gasteiger partial charge in [-0.2, -0.15) is 4.98 Å². The Morgan fingerprint density at radius 3 is 2.62 bits per heavy atom. The fourth-order valence-electron chi connectivity index (χ4n) is 2.24. The molecule has 24 heavy (non-hydrogen) atoms. The van der Waals surface area contributed by atoms with Crippen molar-refractivity contribution >= 4 is 39.9 Å². The van der Waals surface area contributed by atoms with Crippen LogP contribution in [-0.4, -0.2) is 62.2 Å². The first-order chi connectivity index (χ1) is 11.0. The number of ether oxygens (including phenoxy) is 2. The molecular weight excluding hydrogens is 352 g/mol. The molecule has 7 nitrogen and oxygen atoms in total. The Hall–Kier alpha value is -1.48. The number of halogens is 1. The van der Waals surface area contributed by atoms with E-state index >= 15 is 0 Å². The monoisotopic (exact) mass is 374 g/mol. The highest BCUT2D eigenvalue weighted by Crippen LogP contribution is 2.35. The van der Waals surface area contributed by atoms with E-state index in [9.17, 15) is 4.79 Å². The smallest absolute Gasteiger partial charge is 0.264 e. The number of thiophene rings is 1. The van der Waals surface area contributed by atoms with Crippen LogP contribution in [0.3, 0.4) is 0 Å². The van der Waals surface area contributed by atoms with Crippen LogP contribution in [0, 0.1) is 6.92 Å². The van der Waals surface area contributed by atoms with Gasteiger partial charge in [0.15, 0.2) is 5.82 Å². The number of carbonyl (C=O) groups excluding carboxylic acids is 1. The Kier molecular flexibility index (Phi) is 7.82. The van der Waals surface area contributed by atoms with Gasteiger partial charge in [0, 0.05) is 27.2 Å². The summed E-state index contributed by atoms with van der Waals surface area (Å²) in [5.74, 6) is 1.00. The van der Waals surface area contributed by atoms with E-state index in [-0.39, 0.29) is 18.3 Å². The van der Waals surface area contributed by atoms with Gasteiger partial charge in [0.25, 0.3) is 5.91 Å². The average molecular weight is 375 g/mol. The maximum Gasteiger partial charge on any atom is 0.264 e. The Bertz CT molecular complexity index is 708. The van der Waals surface area contributed by atoms with Gasteiger partial charge in [0.2, 0.25) is 5.88 Å². The summed E-state index contributed by atoms with van der Waals surface area (Å²) in [4.78, 5) is 24.6. The van der Waals surface area contributed by atoms with Crippen molar-refractivity contribution < 1.29 is 14.3 Å². The molecule has 0 saturated carbocycles. The van der Waals surface area contributed by atoms with Crippen molar-refractivity contribution in [3.05, 3.63) is 16.3 Å². The molecule has 0 aromatic carbocycles. The van der Waals surface area contributed by atoms with Crippen molar-refractivity contribution in [1.82, 2.24) is 20.2 Å². The van der Waals surface area contributed by atoms with Crippen LogP contribution >= 0.6 is 23.7 Å². The van der Waals surface area contributed by atoms with Crippen molar-refractivity contribution in [2.75, 3.05) is 41.4 Å². The minimum Gasteiger partial charge on any atom is -0.480 e. The van der Waals surface area contributed by atoms with Crippen LogP contribution in [-0.2, 0) is 11.3 Å². The highest BCUT2D eigenvalue weighted by molar-refractivity contribution is 7.20. The van der Waals surface area contributed by atoms with Crippen molar-refractivity contribution in [3.63, 3.8) is 0 Å². The number of rotatable bonds is 7. The molecule has 2 heterocycles. The molecule has 2 aromatic heterocycles. The van der Waals surface area contributed by atoms with Crippen LogP contribution in [0.15, 0.2) is 0 Å². The lowest BCUT2D eigenvalue weighted by atomic mass is 10.2. The molecule has 2 rings (SSSR count). The highest BCUT2D eigenvalue weighted by Gasteiger charge is 2.23. The number of hydrogen-bond donors (Lipinski definition) is 1. The average Bonchev–Trinajstić information content (AvgIpc) is 2.88. The number of likely N-dealkylation sites (N-methyl/N-ethyl adjacent to an activating group) is 2. The number of aryl methyl sites for hydroxylation is 1. The number of aromatic nitrogens is 2. The van der Waals surface area contributed by atoms with Gasteiger partial charge in [0.05, 0.1) is 17.4 Å². The predicted octanol–water partition coefficient (Wildman–Crippen LogP) is 1.87. The molecule has 0 atom stereocenters. The van der Waals surface area contributed by atoms with Crippen molar-refractivity contribution in [2.45, 2.75) is 13.5 Å². The lowest BCUT2D eigenvalue weighted by Gasteiger charge is -2.16. The zero-order valence-electron chi connectivity index (χ0n) is 14.5. The summed E-state index contributed by atoms with van der Waals surface area (Å²) in [6.45, 7) is 3.59. The van der Waals surface area contributed by atoms with Gasteiger partial charge in [-0.15, -0.1) is 23.7 Å².